The third kappa shape index (κ3) is 4.72. The second kappa shape index (κ2) is 9.03. The molecular formula is C23H24ClFN4O5S. The summed E-state index contributed by atoms with van der Waals surface area (Å²) in [4.78, 5) is 17.0. The number of hydrogen-bond acceptors (Lipinski definition) is 8. The molecule has 186 valence electrons. The van der Waals surface area contributed by atoms with Crippen molar-refractivity contribution in [2.45, 2.75) is 54.1 Å². The van der Waals surface area contributed by atoms with Crippen LogP contribution in [0.5, 0.6) is 0 Å². The molecule has 0 unspecified atom stereocenters. The Bertz CT molecular complexity index is 1410. The number of nitrogens with zero attached hydrogens (tertiary/aromatic N) is 3. The van der Waals surface area contributed by atoms with Crippen LogP contribution in [-0.2, 0) is 14.6 Å². The lowest BCUT2D eigenvalue weighted by Crippen LogP contribution is -2.40. The van der Waals surface area contributed by atoms with Crippen molar-refractivity contribution in [3.63, 3.8) is 0 Å². The minimum absolute atomic E-state index is 0.0204. The minimum atomic E-state index is -3.90. The second-order valence-electron chi connectivity index (χ2n) is 8.92. The predicted octanol–water partition coefficient (Wildman–Crippen LogP) is 3.82. The van der Waals surface area contributed by atoms with Crippen LogP contribution in [0, 0.1) is 6.92 Å². The molecule has 3 aromatic rings. The number of oxazole rings is 1. The van der Waals surface area contributed by atoms with Gasteiger partial charge in [0, 0.05) is 19.4 Å². The second-order valence-corrected chi connectivity index (χ2v) is 11.2. The van der Waals surface area contributed by atoms with E-state index in [2.05, 4.69) is 15.4 Å². The third-order valence-corrected chi connectivity index (χ3v) is 8.17. The number of hydrogen-bond donors (Lipinski definition) is 1. The number of aromatic nitrogens is 3. The number of sulfone groups is 1. The standard InChI is InChI=1S/C23H24ClFN4O5S/c1-14-28-21(20(34-14)15-3-4-15)35(31,32)17-7-5-16(6-8-17)29-22(30)19(24)18(11-27-29)26-12-23(25)9-2-10-33-13-23/h5-8,11,15,26H,2-4,9-10,12-13H2,1H3/t23-/m0/s1. The molecular weight excluding hydrogens is 499 g/mol. The van der Waals surface area contributed by atoms with E-state index in [1.165, 1.54) is 30.5 Å². The fourth-order valence-electron chi connectivity index (χ4n) is 4.05. The molecule has 0 bridgehead atoms. The highest BCUT2D eigenvalue weighted by atomic mass is 35.5. The average molecular weight is 523 g/mol. The molecule has 2 aliphatic rings. The van der Waals surface area contributed by atoms with Crippen LogP contribution >= 0.6 is 11.6 Å². The van der Waals surface area contributed by atoms with Crippen LogP contribution in [-0.4, -0.2) is 48.6 Å². The quantitative estimate of drug-likeness (QED) is 0.497. The summed E-state index contributed by atoms with van der Waals surface area (Å²) in [5.74, 6) is 0.778. The van der Waals surface area contributed by atoms with Crippen LogP contribution in [0.2, 0.25) is 5.02 Å². The van der Waals surface area contributed by atoms with Gasteiger partial charge in [-0.2, -0.15) is 9.78 Å². The fourth-order valence-corrected chi connectivity index (χ4v) is 5.68. The highest BCUT2D eigenvalue weighted by Crippen LogP contribution is 2.44. The van der Waals surface area contributed by atoms with Gasteiger partial charge in [-0.3, -0.25) is 4.79 Å². The van der Waals surface area contributed by atoms with Gasteiger partial charge in [-0.25, -0.2) is 17.8 Å². The molecule has 2 aromatic heterocycles. The summed E-state index contributed by atoms with van der Waals surface area (Å²) < 4.78 is 52.9. The molecule has 2 fully saturated rings. The number of benzene rings is 1. The van der Waals surface area contributed by atoms with Gasteiger partial charge >= 0.3 is 0 Å². The van der Waals surface area contributed by atoms with E-state index in [1.807, 2.05) is 0 Å². The largest absolute Gasteiger partial charge is 0.444 e. The smallest absolute Gasteiger partial charge is 0.292 e. The zero-order valence-corrected chi connectivity index (χ0v) is 20.5. The highest BCUT2D eigenvalue weighted by Gasteiger charge is 2.36. The van der Waals surface area contributed by atoms with E-state index in [1.54, 1.807) is 6.92 Å². The zero-order valence-electron chi connectivity index (χ0n) is 19.0. The van der Waals surface area contributed by atoms with E-state index in [4.69, 9.17) is 20.8 Å². The topological polar surface area (TPSA) is 116 Å². The Morgan fingerprint density at radius 3 is 2.69 bits per heavy atom. The molecule has 12 heteroatoms. The molecule has 1 aliphatic carbocycles. The first kappa shape index (κ1) is 24.0. The molecule has 1 N–H and O–H groups in total. The summed E-state index contributed by atoms with van der Waals surface area (Å²) in [6.07, 6.45) is 4.05. The van der Waals surface area contributed by atoms with Gasteiger partial charge in [-0.15, -0.1) is 0 Å². The molecule has 0 amide bonds. The van der Waals surface area contributed by atoms with Gasteiger partial charge in [-0.05, 0) is 49.9 Å². The molecule has 1 aliphatic heterocycles. The van der Waals surface area contributed by atoms with Gasteiger partial charge in [0.25, 0.3) is 5.56 Å². The number of rotatable bonds is 7. The Morgan fingerprint density at radius 2 is 2.03 bits per heavy atom. The van der Waals surface area contributed by atoms with Gasteiger partial charge < -0.3 is 14.5 Å². The van der Waals surface area contributed by atoms with Crippen molar-refractivity contribution >= 4 is 27.1 Å². The zero-order chi connectivity index (χ0) is 24.8. The van der Waals surface area contributed by atoms with Crippen LogP contribution in [0.15, 0.2) is 49.6 Å². The number of aryl methyl sites for hydroxylation is 1. The lowest BCUT2D eigenvalue weighted by Gasteiger charge is -2.29. The molecule has 9 nitrogen and oxygen atoms in total. The average Bonchev–Trinajstić information content (AvgIpc) is 3.61. The lowest BCUT2D eigenvalue weighted by molar-refractivity contribution is -0.0234. The van der Waals surface area contributed by atoms with Crippen molar-refractivity contribution in [3.05, 3.63) is 57.5 Å². The summed E-state index contributed by atoms with van der Waals surface area (Å²) in [5, 5.41) is 6.76. The highest BCUT2D eigenvalue weighted by molar-refractivity contribution is 7.91. The Balaban J connectivity index is 1.37. The summed E-state index contributed by atoms with van der Waals surface area (Å²) in [7, 11) is -3.90. The summed E-state index contributed by atoms with van der Waals surface area (Å²) in [5.41, 5.74) is -1.63. The van der Waals surface area contributed by atoms with E-state index in [-0.39, 0.29) is 39.7 Å². The first-order chi connectivity index (χ1) is 16.7. The van der Waals surface area contributed by atoms with Crippen molar-refractivity contribution in [1.29, 1.82) is 0 Å². The van der Waals surface area contributed by atoms with Gasteiger partial charge in [0.1, 0.15) is 10.8 Å². The van der Waals surface area contributed by atoms with Crippen LogP contribution in [0.3, 0.4) is 0 Å². The van der Waals surface area contributed by atoms with Gasteiger partial charge in [0.05, 0.1) is 35.6 Å². The van der Waals surface area contributed by atoms with Crippen molar-refractivity contribution in [1.82, 2.24) is 14.8 Å². The maximum Gasteiger partial charge on any atom is 0.292 e. The fraction of sp³-hybridized carbons (Fsp3) is 0.435. The number of alkyl halides is 1. The van der Waals surface area contributed by atoms with Crippen LogP contribution in [0.25, 0.3) is 5.69 Å². The van der Waals surface area contributed by atoms with Gasteiger partial charge in [0.15, 0.2) is 11.6 Å². The SMILES string of the molecule is Cc1nc(S(=O)(=O)c2ccc(-n3ncc(NC[C@@]4(F)CCCOC4)c(Cl)c3=O)cc2)c(C2CC2)o1. The van der Waals surface area contributed by atoms with E-state index in [9.17, 15) is 17.6 Å². The number of halogens is 2. The first-order valence-electron chi connectivity index (χ1n) is 11.3. The molecule has 5 rings (SSSR count). The van der Waals surface area contributed by atoms with Gasteiger partial charge in [-0.1, -0.05) is 11.6 Å². The Hall–Kier alpha value is -2.76. The molecule has 35 heavy (non-hydrogen) atoms. The Labute approximate surface area is 206 Å². The maximum absolute atomic E-state index is 14.8. The van der Waals surface area contributed by atoms with Crippen molar-refractivity contribution in [2.24, 2.45) is 0 Å². The summed E-state index contributed by atoms with van der Waals surface area (Å²) >= 11 is 6.25. The molecule has 1 saturated heterocycles. The van der Waals surface area contributed by atoms with E-state index < -0.39 is 21.1 Å². The lowest BCUT2D eigenvalue weighted by atomic mass is 9.99. The molecule has 0 radical (unpaired) electrons. The molecule has 1 saturated carbocycles. The number of anilines is 1. The van der Waals surface area contributed by atoms with Crippen molar-refractivity contribution in [2.75, 3.05) is 25.1 Å². The van der Waals surface area contributed by atoms with Crippen molar-refractivity contribution < 1.29 is 22.0 Å². The minimum Gasteiger partial charge on any atom is -0.444 e. The van der Waals surface area contributed by atoms with E-state index in [0.717, 1.165) is 17.5 Å². The molecule has 1 aromatic carbocycles. The predicted molar refractivity (Wildman–Crippen MR) is 126 cm³/mol. The molecule has 0 spiro atoms. The first-order valence-corrected chi connectivity index (χ1v) is 13.2. The summed E-state index contributed by atoms with van der Waals surface area (Å²) in [6, 6.07) is 5.69. The molecule has 3 heterocycles. The van der Waals surface area contributed by atoms with Crippen LogP contribution in [0.4, 0.5) is 10.1 Å². The van der Waals surface area contributed by atoms with E-state index in [0.29, 0.717) is 36.8 Å². The van der Waals surface area contributed by atoms with Crippen LogP contribution in [0.1, 0.15) is 43.3 Å². The van der Waals surface area contributed by atoms with Crippen molar-refractivity contribution in [3.8, 4) is 5.69 Å². The third-order valence-electron chi connectivity index (χ3n) is 6.11. The molecule has 1 atom stereocenters. The number of nitrogens with one attached hydrogen (secondary N) is 1. The monoisotopic (exact) mass is 522 g/mol. The van der Waals surface area contributed by atoms with Gasteiger partial charge in [0.2, 0.25) is 14.9 Å². The van der Waals surface area contributed by atoms with E-state index >= 15 is 0 Å². The maximum atomic E-state index is 14.8. The normalized spacial score (nSPS) is 20.7. The Kier molecular flexibility index (Phi) is 6.18. The summed E-state index contributed by atoms with van der Waals surface area (Å²) in [6.45, 7) is 2.07. The number of ether oxygens (including phenoxy) is 1. The van der Waals surface area contributed by atoms with Crippen LogP contribution < -0.4 is 10.9 Å². The Morgan fingerprint density at radius 1 is 1.29 bits per heavy atom.